The Morgan fingerprint density at radius 3 is 2.71 bits per heavy atom. The van der Waals surface area contributed by atoms with Gasteiger partial charge in [-0.15, -0.1) is 0 Å². The van der Waals surface area contributed by atoms with Crippen LogP contribution in [0.15, 0.2) is 36.8 Å². The van der Waals surface area contributed by atoms with Gasteiger partial charge in [0.1, 0.15) is 0 Å². The maximum Gasteiger partial charge on any atom is 0.0554 e. The molecule has 4 nitrogen and oxygen atoms in total. The Kier molecular flexibility index (Phi) is 3.88. The summed E-state index contributed by atoms with van der Waals surface area (Å²) in [6, 6.07) is 5.99. The van der Waals surface area contributed by atoms with E-state index < -0.39 is 0 Å². The molecule has 0 amide bonds. The van der Waals surface area contributed by atoms with Gasteiger partial charge >= 0.3 is 0 Å². The van der Waals surface area contributed by atoms with Crippen LogP contribution in [0.4, 0.5) is 0 Å². The molecular formula is C13H18N4. The molecule has 2 aromatic heterocycles. The Labute approximate surface area is 101 Å². The van der Waals surface area contributed by atoms with Crippen molar-refractivity contribution in [1.29, 1.82) is 0 Å². The topological polar surface area (TPSA) is 56.7 Å². The summed E-state index contributed by atoms with van der Waals surface area (Å²) >= 11 is 0. The molecule has 0 aliphatic rings. The van der Waals surface area contributed by atoms with E-state index in [1.165, 1.54) is 5.56 Å². The molecule has 0 saturated carbocycles. The Bertz CT molecular complexity index is 449. The molecule has 0 spiro atoms. The number of aryl methyl sites for hydroxylation is 1. The van der Waals surface area contributed by atoms with E-state index in [0.717, 1.165) is 25.1 Å². The summed E-state index contributed by atoms with van der Waals surface area (Å²) in [4.78, 5) is 4.00. The molecule has 0 fully saturated rings. The lowest BCUT2D eigenvalue weighted by molar-refractivity contribution is 0.537. The van der Waals surface area contributed by atoms with Crippen LogP contribution >= 0.6 is 0 Å². The van der Waals surface area contributed by atoms with E-state index in [2.05, 4.69) is 17.0 Å². The fourth-order valence-corrected chi connectivity index (χ4v) is 1.93. The van der Waals surface area contributed by atoms with Gasteiger partial charge in [0.25, 0.3) is 0 Å². The molecular weight excluding hydrogens is 212 g/mol. The fourth-order valence-electron chi connectivity index (χ4n) is 1.93. The molecule has 0 bridgehead atoms. The SMILES string of the molecule is CCCn1nccc1C(N)Cc1ccncc1. The first-order valence-electron chi connectivity index (χ1n) is 5.97. The second-order valence-corrected chi connectivity index (χ2v) is 4.15. The Balaban J connectivity index is 2.09. The maximum atomic E-state index is 6.22. The number of hydrogen-bond donors (Lipinski definition) is 1. The summed E-state index contributed by atoms with van der Waals surface area (Å²) in [5.41, 5.74) is 8.53. The molecule has 1 atom stereocenters. The molecule has 0 aliphatic carbocycles. The fraction of sp³-hybridized carbons (Fsp3) is 0.385. The van der Waals surface area contributed by atoms with Crippen LogP contribution in [0.2, 0.25) is 0 Å². The van der Waals surface area contributed by atoms with Crippen molar-refractivity contribution >= 4 is 0 Å². The third-order valence-electron chi connectivity index (χ3n) is 2.77. The predicted octanol–water partition coefficient (Wildman–Crippen LogP) is 1.93. The molecule has 0 aliphatic heterocycles. The number of nitrogens with zero attached hydrogens (tertiary/aromatic N) is 3. The zero-order chi connectivity index (χ0) is 12.1. The van der Waals surface area contributed by atoms with E-state index in [9.17, 15) is 0 Å². The minimum absolute atomic E-state index is 0.00792. The molecule has 4 heteroatoms. The highest BCUT2D eigenvalue weighted by Crippen LogP contribution is 2.15. The van der Waals surface area contributed by atoms with Crippen molar-refractivity contribution in [2.24, 2.45) is 5.73 Å². The highest BCUT2D eigenvalue weighted by molar-refractivity contribution is 5.16. The standard InChI is InChI=1S/C13H18N4/c1-2-9-17-13(5-8-16-17)12(14)10-11-3-6-15-7-4-11/h3-8,12H,2,9-10,14H2,1H3. The maximum absolute atomic E-state index is 6.22. The molecule has 2 N–H and O–H groups in total. The van der Waals surface area contributed by atoms with Crippen LogP contribution in [-0.2, 0) is 13.0 Å². The first kappa shape index (κ1) is 11.8. The zero-order valence-electron chi connectivity index (χ0n) is 10.1. The molecule has 90 valence electrons. The van der Waals surface area contributed by atoms with Gasteiger partial charge < -0.3 is 5.73 Å². The van der Waals surface area contributed by atoms with Crippen molar-refractivity contribution < 1.29 is 0 Å². The van der Waals surface area contributed by atoms with Gasteiger partial charge in [-0.05, 0) is 36.6 Å². The predicted molar refractivity (Wildman–Crippen MR) is 67.4 cm³/mol. The minimum Gasteiger partial charge on any atom is -0.322 e. The molecule has 1 unspecified atom stereocenters. The van der Waals surface area contributed by atoms with Crippen LogP contribution in [-0.4, -0.2) is 14.8 Å². The van der Waals surface area contributed by atoms with Crippen molar-refractivity contribution in [3.8, 4) is 0 Å². The van der Waals surface area contributed by atoms with Crippen molar-refractivity contribution in [2.75, 3.05) is 0 Å². The van der Waals surface area contributed by atoms with Gasteiger partial charge in [0.15, 0.2) is 0 Å². The van der Waals surface area contributed by atoms with Crippen LogP contribution in [0, 0.1) is 0 Å². The van der Waals surface area contributed by atoms with Crippen LogP contribution in [0.5, 0.6) is 0 Å². The number of rotatable bonds is 5. The van der Waals surface area contributed by atoms with E-state index in [0.29, 0.717) is 0 Å². The van der Waals surface area contributed by atoms with Crippen LogP contribution < -0.4 is 5.73 Å². The lowest BCUT2D eigenvalue weighted by Gasteiger charge is -2.13. The summed E-state index contributed by atoms with van der Waals surface area (Å²) in [6.07, 6.45) is 7.29. The summed E-state index contributed by atoms with van der Waals surface area (Å²) in [7, 11) is 0. The van der Waals surface area contributed by atoms with Gasteiger partial charge in [-0.25, -0.2) is 0 Å². The van der Waals surface area contributed by atoms with E-state index >= 15 is 0 Å². The molecule has 0 saturated heterocycles. The third kappa shape index (κ3) is 2.91. The van der Waals surface area contributed by atoms with Crippen LogP contribution in [0.1, 0.15) is 30.6 Å². The first-order valence-corrected chi connectivity index (χ1v) is 5.97. The van der Waals surface area contributed by atoms with Gasteiger partial charge in [0, 0.05) is 25.1 Å². The lowest BCUT2D eigenvalue weighted by atomic mass is 10.1. The summed E-state index contributed by atoms with van der Waals surface area (Å²) in [6.45, 7) is 3.06. The smallest absolute Gasteiger partial charge is 0.0554 e. The van der Waals surface area contributed by atoms with Gasteiger partial charge in [0.2, 0.25) is 0 Å². The average molecular weight is 230 g/mol. The van der Waals surface area contributed by atoms with Crippen LogP contribution in [0.3, 0.4) is 0 Å². The highest BCUT2D eigenvalue weighted by atomic mass is 15.3. The molecule has 17 heavy (non-hydrogen) atoms. The molecule has 0 aromatic carbocycles. The van der Waals surface area contributed by atoms with Crippen LogP contribution in [0.25, 0.3) is 0 Å². The Morgan fingerprint density at radius 1 is 1.24 bits per heavy atom. The average Bonchev–Trinajstić information content (AvgIpc) is 2.79. The summed E-state index contributed by atoms with van der Waals surface area (Å²) in [5, 5.41) is 4.29. The van der Waals surface area contributed by atoms with Gasteiger partial charge in [0.05, 0.1) is 11.7 Å². The van der Waals surface area contributed by atoms with E-state index in [1.807, 2.05) is 29.1 Å². The number of hydrogen-bond acceptors (Lipinski definition) is 3. The first-order chi connectivity index (χ1) is 8.31. The molecule has 2 heterocycles. The lowest BCUT2D eigenvalue weighted by Crippen LogP contribution is -2.18. The largest absolute Gasteiger partial charge is 0.322 e. The number of pyridine rings is 1. The third-order valence-corrected chi connectivity index (χ3v) is 2.77. The van der Waals surface area contributed by atoms with E-state index in [4.69, 9.17) is 5.73 Å². The monoisotopic (exact) mass is 230 g/mol. The number of nitrogens with two attached hydrogens (primary N) is 1. The number of aromatic nitrogens is 3. The quantitative estimate of drug-likeness (QED) is 0.854. The molecule has 0 radical (unpaired) electrons. The highest BCUT2D eigenvalue weighted by Gasteiger charge is 2.11. The van der Waals surface area contributed by atoms with Gasteiger partial charge in [-0.3, -0.25) is 9.67 Å². The molecule has 2 rings (SSSR count). The van der Waals surface area contributed by atoms with Crippen molar-refractivity contribution in [3.63, 3.8) is 0 Å². The zero-order valence-corrected chi connectivity index (χ0v) is 10.1. The Morgan fingerprint density at radius 2 is 2.00 bits per heavy atom. The summed E-state index contributed by atoms with van der Waals surface area (Å²) < 4.78 is 1.99. The minimum atomic E-state index is -0.00792. The Hall–Kier alpha value is -1.68. The summed E-state index contributed by atoms with van der Waals surface area (Å²) in [5.74, 6) is 0. The van der Waals surface area contributed by atoms with Crippen molar-refractivity contribution in [3.05, 3.63) is 48.0 Å². The van der Waals surface area contributed by atoms with Gasteiger partial charge in [-0.2, -0.15) is 5.10 Å². The molecule has 2 aromatic rings. The van der Waals surface area contributed by atoms with Gasteiger partial charge in [-0.1, -0.05) is 6.92 Å². The van der Waals surface area contributed by atoms with Crippen molar-refractivity contribution in [1.82, 2.24) is 14.8 Å². The second kappa shape index (κ2) is 5.59. The normalized spacial score (nSPS) is 12.6. The van der Waals surface area contributed by atoms with E-state index in [1.54, 1.807) is 12.4 Å². The van der Waals surface area contributed by atoms with E-state index in [-0.39, 0.29) is 6.04 Å². The second-order valence-electron chi connectivity index (χ2n) is 4.15. The van der Waals surface area contributed by atoms with Crippen molar-refractivity contribution in [2.45, 2.75) is 32.4 Å².